The summed E-state index contributed by atoms with van der Waals surface area (Å²) < 4.78 is 24.3. The van der Waals surface area contributed by atoms with Crippen molar-refractivity contribution in [2.24, 2.45) is 0 Å². The highest BCUT2D eigenvalue weighted by Crippen LogP contribution is 2.33. The minimum absolute atomic E-state index is 0.0390. The molecule has 0 radical (unpaired) electrons. The monoisotopic (exact) mass is 923 g/mol. The van der Waals surface area contributed by atoms with Gasteiger partial charge in [0.1, 0.15) is 11.9 Å². The van der Waals surface area contributed by atoms with Crippen molar-refractivity contribution >= 4 is 79.3 Å². The normalized spacial score (nSPS) is 14.8. The number of amides is 7. The van der Waals surface area contributed by atoms with Gasteiger partial charge in [0.05, 0.1) is 41.7 Å². The number of pyridine rings is 1. The van der Waals surface area contributed by atoms with Crippen LogP contribution in [0.3, 0.4) is 0 Å². The molecule has 0 aliphatic carbocycles. The molecule has 5 heterocycles. The second-order valence-electron chi connectivity index (χ2n) is 15.4. The van der Waals surface area contributed by atoms with Crippen LogP contribution in [0.15, 0.2) is 84.6 Å². The fraction of sp³-hybridized carbons (Fsp3) is 0.279. The van der Waals surface area contributed by atoms with Crippen molar-refractivity contribution < 1.29 is 42.0 Å². The van der Waals surface area contributed by atoms with Crippen LogP contribution in [0.4, 0.5) is 16.6 Å². The number of benzene rings is 2. The van der Waals surface area contributed by atoms with Gasteiger partial charge in [-0.25, -0.2) is 18.4 Å². The summed E-state index contributed by atoms with van der Waals surface area (Å²) in [7, 11) is 0.120. The summed E-state index contributed by atoms with van der Waals surface area (Å²) in [6, 6.07) is 16.6. The largest absolute Gasteiger partial charge is 0.383 e. The van der Waals surface area contributed by atoms with Gasteiger partial charge in [0.25, 0.3) is 17.7 Å². The molecule has 1 unspecified atom stereocenters. The third-order valence-electron chi connectivity index (χ3n) is 10.6. The van der Waals surface area contributed by atoms with E-state index >= 15 is 0 Å². The molecule has 0 bridgehead atoms. The van der Waals surface area contributed by atoms with Crippen LogP contribution in [-0.4, -0.2) is 139 Å². The maximum Gasteiger partial charge on any atom is 0.264 e. The van der Waals surface area contributed by atoms with Gasteiger partial charge in [-0.05, 0) is 61.0 Å². The Balaban J connectivity index is 0.848. The zero-order valence-electron chi connectivity index (χ0n) is 35.5. The average molecular weight is 924 g/mol. The predicted octanol–water partition coefficient (Wildman–Crippen LogP) is 1.85. The van der Waals surface area contributed by atoms with Crippen LogP contribution in [-0.2, 0) is 29.2 Å². The SMILES string of the molecule is CN(CCNC(=O)CN(C)c1cc(-c2cccc(-c3csc(NC(=O)CNC(=O)c4ccn(S(C)(=O)=O)c4)n3)c2)ccn1)CCNc1cccc2c1C(=O)N(C1CCC(=O)NC1=O)C2=O. The number of nitrogens with one attached hydrogen (secondary N) is 5. The fourth-order valence-corrected chi connectivity index (χ4v) is 8.49. The summed E-state index contributed by atoms with van der Waals surface area (Å²) in [6.45, 7) is 1.59. The number of carbonyl (C=O) groups excluding carboxylic acids is 7. The van der Waals surface area contributed by atoms with E-state index in [0.717, 1.165) is 31.8 Å². The lowest BCUT2D eigenvalue weighted by molar-refractivity contribution is -0.136. The van der Waals surface area contributed by atoms with E-state index < -0.39 is 51.5 Å². The van der Waals surface area contributed by atoms with Gasteiger partial charge in [-0.3, -0.25) is 47.8 Å². The van der Waals surface area contributed by atoms with E-state index in [-0.39, 0.29) is 48.5 Å². The van der Waals surface area contributed by atoms with Crippen LogP contribution in [0.5, 0.6) is 0 Å². The maximum absolute atomic E-state index is 13.4. The minimum Gasteiger partial charge on any atom is -0.383 e. The van der Waals surface area contributed by atoms with Crippen molar-refractivity contribution in [2.75, 3.05) is 75.2 Å². The molecule has 338 valence electrons. The van der Waals surface area contributed by atoms with E-state index in [4.69, 9.17) is 0 Å². The second-order valence-corrected chi connectivity index (χ2v) is 18.1. The third kappa shape index (κ3) is 10.9. The number of fused-ring (bicyclic) bond motifs is 1. The Kier molecular flexibility index (Phi) is 13.8. The topological polar surface area (TPSA) is 254 Å². The molecule has 1 saturated heterocycles. The van der Waals surface area contributed by atoms with Crippen LogP contribution in [0.1, 0.15) is 43.9 Å². The summed E-state index contributed by atoms with van der Waals surface area (Å²) in [4.78, 5) is 102. The summed E-state index contributed by atoms with van der Waals surface area (Å²) >= 11 is 1.22. The maximum atomic E-state index is 13.4. The molecule has 3 aromatic heterocycles. The van der Waals surface area contributed by atoms with Crippen molar-refractivity contribution in [1.82, 2.24) is 39.7 Å². The minimum atomic E-state index is -3.55. The first-order valence-corrected chi connectivity index (χ1v) is 23.0. The number of imide groups is 2. The van der Waals surface area contributed by atoms with Crippen molar-refractivity contribution in [1.29, 1.82) is 0 Å². The Morgan fingerprint density at radius 1 is 0.908 bits per heavy atom. The molecule has 1 atom stereocenters. The molecular formula is C43H45N11O9S2. The predicted molar refractivity (Wildman–Crippen MR) is 242 cm³/mol. The van der Waals surface area contributed by atoms with Crippen LogP contribution in [0.2, 0.25) is 0 Å². The Labute approximate surface area is 377 Å². The zero-order valence-corrected chi connectivity index (χ0v) is 37.1. The second kappa shape index (κ2) is 19.6. The Hall–Kier alpha value is -7.30. The van der Waals surface area contributed by atoms with E-state index in [1.54, 1.807) is 41.7 Å². The van der Waals surface area contributed by atoms with Gasteiger partial charge in [-0.2, -0.15) is 0 Å². The molecule has 65 heavy (non-hydrogen) atoms. The third-order valence-corrected chi connectivity index (χ3v) is 12.3. The first-order valence-electron chi connectivity index (χ1n) is 20.3. The highest BCUT2D eigenvalue weighted by atomic mass is 32.2. The molecule has 0 saturated carbocycles. The molecular weight excluding hydrogens is 879 g/mol. The number of nitrogens with zero attached hydrogens (tertiary/aromatic N) is 6. The molecule has 2 aromatic carbocycles. The number of thiazole rings is 1. The summed E-state index contributed by atoms with van der Waals surface area (Å²) in [5, 5.41) is 15.6. The summed E-state index contributed by atoms with van der Waals surface area (Å²) in [6.07, 6.45) is 5.20. The van der Waals surface area contributed by atoms with Gasteiger partial charge in [-0.1, -0.05) is 24.3 Å². The summed E-state index contributed by atoms with van der Waals surface area (Å²) in [5.74, 6) is -2.98. The van der Waals surface area contributed by atoms with Crippen molar-refractivity contribution in [3.05, 3.63) is 101 Å². The van der Waals surface area contributed by atoms with Gasteiger partial charge in [0.2, 0.25) is 33.7 Å². The molecule has 7 amide bonds. The Morgan fingerprint density at radius 3 is 2.43 bits per heavy atom. The number of hydrogen-bond donors (Lipinski definition) is 5. The van der Waals surface area contributed by atoms with E-state index in [2.05, 4.69) is 36.6 Å². The fourth-order valence-electron chi connectivity index (χ4n) is 7.17. The number of aromatic nitrogens is 3. The zero-order chi connectivity index (χ0) is 46.4. The molecule has 1 fully saturated rings. The standard InChI is InChI=1S/C43H45N11O9S2/c1-51(18-15-44-31-9-5-8-30-38(31)42(61)54(41(30)60)33-10-11-35(55)49-40(33)59)19-16-46-37(57)24-52(2)34-21-27(12-14-45-34)26-6-4-7-28(20-26)32-25-64-43(48-32)50-36(56)22-47-39(58)29-13-17-53(23-29)65(3,62)63/h4-9,12-14,17,20-21,23,25,33,44H,10-11,15-16,18-19,22,24H2,1-3H3,(H,46,57)(H,47,58)(H,48,50,56)(H,49,55,59). The number of likely N-dealkylation sites (N-methyl/N-ethyl adjacent to an activating group) is 2. The van der Waals surface area contributed by atoms with Gasteiger partial charge in [-0.15, -0.1) is 11.3 Å². The highest BCUT2D eigenvalue weighted by molar-refractivity contribution is 7.89. The van der Waals surface area contributed by atoms with Gasteiger partial charge in [0.15, 0.2) is 5.13 Å². The molecule has 7 rings (SSSR count). The van der Waals surface area contributed by atoms with Crippen LogP contribution in [0.25, 0.3) is 22.4 Å². The number of carbonyl (C=O) groups is 7. The smallest absolute Gasteiger partial charge is 0.264 e. The lowest BCUT2D eigenvalue weighted by Gasteiger charge is -2.27. The first kappa shape index (κ1) is 45.7. The molecule has 5 N–H and O–H groups in total. The van der Waals surface area contributed by atoms with E-state index in [1.807, 2.05) is 48.3 Å². The number of piperidine rings is 1. The van der Waals surface area contributed by atoms with Crippen molar-refractivity contribution in [3.63, 3.8) is 0 Å². The van der Waals surface area contributed by atoms with Crippen LogP contribution < -0.4 is 31.5 Å². The Morgan fingerprint density at radius 2 is 1.66 bits per heavy atom. The number of rotatable bonds is 18. The molecule has 22 heteroatoms. The molecule has 2 aliphatic heterocycles. The van der Waals surface area contributed by atoms with Gasteiger partial charge < -0.3 is 31.1 Å². The highest BCUT2D eigenvalue weighted by Gasteiger charge is 2.45. The van der Waals surface area contributed by atoms with E-state index in [9.17, 15) is 42.0 Å². The number of hydrogen-bond acceptors (Lipinski definition) is 15. The Bertz CT molecular complexity index is 2810. The van der Waals surface area contributed by atoms with Gasteiger partial charge in [0, 0.05) is 74.9 Å². The summed E-state index contributed by atoms with van der Waals surface area (Å²) in [5.41, 5.74) is 4.10. The molecule has 20 nitrogen and oxygen atoms in total. The number of anilines is 3. The molecule has 2 aliphatic rings. The lowest BCUT2D eigenvalue weighted by atomic mass is 10.0. The average Bonchev–Trinajstić information content (AvgIpc) is 4.03. The lowest BCUT2D eigenvalue weighted by Crippen LogP contribution is -2.54. The van der Waals surface area contributed by atoms with Crippen molar-refractivity contribution in [3.8, 4) is 22.4 Å². The molecule has 5 aromatic rings. The molecule has 0 spiro atoms. The van der Waals surface area contributed by atoms with Gasteiger partial charge >= 0.3 is 0 Å². The van der Waals surface area contributed by atoms with Crippen molar-refractivity contribution in [2.45, 2.75) is 18.9 Å². The van der Waals surface area contributed by atoms with E-state index in [1.165, 1.54) is 29.8 Å². The van der Waals surface area contributed by atoms with Crippen LogP contribution in [0, 0.1) is 0 Å². The van der Waals surface area contributed by atoms with Crippen LogP contribution >= 0.6 is 11.3 Å². The first-order chi connectivity index (χ1) is 31.0. The quantitative estimate of drug-likeness (QED) is 0.0787. The van der Waals surface area contributed by atoms with E-state index in [0.29, 0.717) is 48.5 Å².